The highest BCUT2D eigenvalue weighted by Gasteiger charge is 2.40. The van der Waals surface area contributed by atoms with E-state index in [1.807, 2.05) is 31.1 Å². The van der Waals surface area contributed by atoms with Gasteiger partial charge in [0.05, 0.1) is 4.75 Å². The molecule has 3 rings (SSSR count). The van der Waals surface area contributed by atoms with Gasteiger partial charge in [-0.15, -0.1) is 11.8 Å². The lowest BCUT2D eigenvalue weighted by atomic mass is 9.95. The summed E-state index contributed by atoms with van der Waals surface area (Å²) in [5.74, 6) is 2.21. The van der Waals surface area contributed by atoms with E-state index in [0.29, 0.717) is 11.7 Å². The SMILES string of the molecule is CCn1ccnc1C1CCN(C(=O)[C@H]2CSC(C)(C)C(=O)N2)CC1. The van der Waals surface area contributed by atoms with Crippen molar-refractivity contribution < 1.29 is 9.59 Å². The zero-order valence-corrected chi connectivity index (χ0v) is 15.4. The number of rotatable bonds is 3. The third-order valence-corrected chi connectivity index (χ3v) is 6.43. The van der Waals surface area contributed by atoms with E-state index in [1.165, 1.54) is 0 Å². The minimum atomic E-state index is -0.443. The zero-order valence-electron chi connectivity index (χ0n) is 14.6. The summed E-state index contributed by atoms with van der Waals surface area (Å²) < 4.78 is 1.74. The molecule has 2 aliphatic heterocycles. The second-order valence-corrected chi connectivity index (χ2v) is 8.66. The monoisotopic (exact) mass is 350 g/mol. The Balaban J connectivity index is 1.57. The fourth-order valence-corrected chi connectivity index (χ4v) is 4.39. The van der Waals surface area contributed by atoms with Gasteiger partial charge >= 0.3 is 0 Å². The minimum absolute atomic E-state index is 0.0445. The maximum absolute atomic E-state index is 12.7. The number of likely N-dealkylation sites (tertiary alicyclic amines) is 1. The van der Waals surface area contributed by atoms with Crippen LogP contribution in [-0.2, 0) is 16.1 Å². The van der Waals surface area contributed by atoms with E-state index in [4.69, 9.17) is 0 Å². The number of amides is 2. The summed E-state index contributed by atoms with van der Waals surface area (Å²) in [5.41, 5.74) is 0. The van der Waals surface area contributed by atoms with Crippen LogP contribution >= 0.6 is 11.8 Å². The average Bonchev–Trinajstić information content (AvgIpc) is 3.05. The Bertz CT molecular complexity index is 620. The standard InChI is InChI=1S/C17H26N4O2S/c1-4-20-10-7-18-14(20)12-5-8-21(9-6-12)15(22)13-11-24-17(2,3)16(23)19-13/h7,10,12-13H,4-6,8-9,11H2,1-3H3,(H,19,23)/t13-/m1/s1. The molecule has 1 aromatic heterocycles. The molecule has 0 aromatic carbocycles. The molecule has 0 radical (unpaired) electrons. The largest absolute Gasteiger partial charge is 0.342 e. The predicted octanol–water partition coefficient (Wildman–Crippen LogP) is 1.62. The number of aromatic nitrogens is 2. The molecule has 24 heavy (non-hydrogen) atoms. The summed E-state index contributed by atoms with van der Waals surface area (Å²) in [5, 5.41) is 2.89. The summed E-state index contributed by atoms with van der Waals surface area (Å²) in [6.45, 7) is 8.31. The molecule has 0 spiro atoms. The molecule has 1 aromatic rings. The van der Waals surface area contributed by atoms with Crippen molar-refractivity contribution in [3.8, 4) is 0 Å². The first kappa shape index (κ1) is 17.3. The lowest BCUT2D eigenvalue weighted by Crippen LogP contribution is -2.58. The Kier molecular flexibility index (Phi) is 4.90. The molecule has 2 fully saturated rings. The molecule has 0 bridgehead atoms. The Hall–Kier alpha value is -1.50. The number of carbonyl (C=O) groups excluding carboxylic acids is 2. The van der Waals surface area contributed by atoms with Gasteiger partial charge in [0.2, 0.25) is 11.8 Å². The molecular formula is C17H26N4O2S. The van der Waals surface area contributed by atoms with E-state index >= 15 is 0 Å². The lowest BCUT2D eigenvalue weighted by molar-refractivity contribution is -0.137. The normalized spacial score (nSPS) is 24.7. The van der Waals surface area contributed by atoms with E-state index in [1.54, 1.807) is 11.8 Å². The fraction of sp³-hybridized carbons (Fsp3) is 0.706. The van der Waals surface area contributed by atoms with Crippen LogP contribution in [0.15, 0.2) is 12.4 Å². The van der Waals surface area contributed by atoms with Crippen LogP contribution in [0.1, 0.15) is 45.4 Å². The molecule has 2 saturated heterocycles. The van der Waals surface area contributed by atoms with Crippen LogP contribution in [0.2, 0.25) is 0 Å². The van der Waals surface area contributed by atoms with Crippen LogP contribution in [0.25, 0.3) is 0 Å². The second-order valence-electron chi connectivity index (χ2n) is 7.02. The van der Waals surface area contributed by atoms with Crippen LogP contribution in [0.5, 0.6) is 0 Å². The first-order valence-electron chi connectivity index (χ1n) is 8.67. The third kappa shape index (κ3) is 3.31. The van der Waals surface area contributed by atoms with Gasteiger partial charge in [-0.2, -0.15) is 0 Å². The molecule has 3 heterocycles. The molecule has 0 aliphatic carbocycles. The van der Waals surface area contributed by atoms with Gasteiger partial charge in [-0.25, -0.2) is 4.98 Å². The number of nitrogens with one attached hydrogen (secondary N) is 1. The van der Waals surface area contributed by atoms with Crippen LogP contribution in [-0.4, -0.2) is 55.9 Å². The van der Waals surface area contributed by atoms with Crippen molar-refractivity contribution in [1.82, 2.24) is 19.8 Å². The van der Waals surface area contributed by atoms with Crippen molar-refractivity contribution in [2.24, 2.45) is 0 Å². The number of imidazole rings is 1. The molecular weight excluding hydrogens is 324 g/mol. The second kappa shape index (κ2) is 6.78. The van der Waals surface area contributed by atoms with Crippen LogP contribution in [0.4, 0.5) is 0 Å². The van der Waals surface area contributed by atoms with E-state index in [-0.39, 0.29) is 17.9 Å². The van der Waals surface area contributed by atoms with Gasteiger partial charge in [0.1, 0.15) is 11.9 Å². The molecule has 7 heteroatoms. The Morgan fingerprint density at radius 2 is 2.12 bits per heavy atom. The number of hydrogen-bond acceptors (Lipinski definition) is 4. The number of nitrogens with zero attached hydrogens (tertiary/aromatic N) is 3. The fourth-order valence-electron chi connectivity index (χ4n) is 3.39. The van der Waals surface area contributed by atoms with E-state index in [2.05, 4.69) is 21.8 Å². The van der Waals surface area contributed by atoms with Crippen molar-refractivity contribution in [1.29, 1.82) is 0 Å². The van der Waals surface area contributed by atoms with Crippen LogP contribution in [0, 0.1) is 0 Å². The molecule has 1 N–H and O–H groups in total. The van der Waals surface area contributed by atoms with Crippen molar-refractivity contribution in [2.45, 2.75) is 56.9 Å². The Morgan fingerprint density at radius 3 is 2.75 bits per heavy atom. The van der Waals surface area contributed by atoms with E-state index in [9.17, 15) is 9.59 Å². The van der Waals surface area contributed by atoms with Gasteiger partial charge in [0.25, 0.3) is 0 Å². The average molecular weight is 350 g/mol. The van der Waals surface area contributed by atoms with Crippen LogP contribution < -0.4 is 5.32 Å². The first-order chi connectivity index (χ1) is 11.4. The topological polar surface area (TPSA) is 67.2 Å². The Morgan fingerprint density at radius 1 is 1.42 bits per heavy atom. The van der Waals surface area contributed by atoms with Crippen molar-refractivity contribution in [3.05, 3.63) is 18.2 Å². The van der Waals surface area contributed by atoms with Crippen molar-refractivity contribution in [3.63, 3.8) is 0 Å². The Labute approximate surface area is 147 Å². The van der Waals surface area contributed by atoms with E-state index < -0.39 is 4.75 Å². The van der Waals surface area contributed by atoms with Crippen molar-refractivity contribution in [2.75, 3.05) is 18.8 Å². The smallest absolute Gasteiger partial charge is 0.246 e. The van der Waals surface area contributed by atoms with Gasteiger partial charge in [0.15, 0.2) is 0 Å². The highest BCUT2D eigenvalue weighted by Crippen LogP contribution is 2.31. The molecule has 2 aliphatic rings. The molecule has 1 atom stereocenters. The summed E-state index contributed by atoms with van der Waals surface area (Å²) >= 11 is 1.56. The maximum atomic E-state index is 12.7. The number of aryl methyl sites for hydroxylation is 1. The molecule has 6 nitrogen and oxygen atoms in total. The number of piperidine rings is 1. The lowest BCUT2D eigenvalue weighted by Gasteiger charge is -2.38. The number of hydrogen-bond donors (Lipinski definition) is 1. The molecule has 0 unspecified atom stereocenters. The van der Waals surface area contributed by atoms with Gasteiger partial charge in [-0.1, -0.05) is 0 Å². The zero-order chi connectivity index (χ0) is 17.3. The number of thioether (sulfide) groups is 1. The highest BCUT2D eigenvalue weighted by atomic mass is 32.2. The predicted molar refractivity (Wildman–Crippen MR) is 94.9 cm³/mol. The molecule has 132 valence electrons. The first-order valence-corrected chi connectivity index (χ1v) is 9.65. The molecule has 0 saturated carbocycles. The van der Waals surface area contributed by atoms with Gasteiger partial charge in [-0.3, -0.25) is 9.59 Å². The van der Waals surface area contributed by atoms with E-state index in [0.717, 1.165) is 38.3 Å². The van der Waals surface area contributed by atoms with Gasteiger partial charge in [-0.05, 0) is 33.6 Å². The number of carbonyl (C=O) groups is 2. The third-order valence-electron chi connectivity index (χ3n) is 5.02. The van der Waals surface area contributed by atoms with Crippen LogP contribution in [0.3, 0.4) is 0 Å². The summed E-state index contributed by atoms with van der Waals surface area (Å²) in [6.07, 6.45) is 5.74. The van der Waals surface area contributed by atoms with Crippen molar-refractivity contribution >= 4 is 23.6 Å². The minimum Gasteiger partial charge on any atom is -0.342 e. The maximum Gasteiger partial charge on any atom is 0.246 e. The van der Waals surface area contributed by atoms with Gasteiger partial charge < -0.3 is 14.8 Å². The van der Waals surface area contributed by atoms with Gasteiger partial charge in [0, 0.05) is 43.7 Å². The molecule has 2 amide bonds. The highest BCUT2D eigenvalue weighted by molar-refractivity contribution is 8.01. The summed E-state index contributed by atoms with van der Waals surface area (Å²) in [6, 6.07) is -0.385. The summed E-state index contributed by atoms with van der Waals surface area (Å²) in [4.78, 5) is 31.2. The quantitative estimate of drug-likeness (QED) is 0.899. The summed E-state index contributed by atoms with van der Waals surface area (Å²) in [7, 11) is 0.